The molecule has 1 heterocycles. The number of aromatic nitrogens is 2. The van der Waals surface area contributed by atoms with Gasteiger partial charge in [-0.1, -0.05) is 23.2 Å². The summed E-state index contributed by atoms with van der Waals surface area (Å²) >= 11 is 11.6. The number of carbonyl (C=O) groups is 1. The average molecular weight is 453 g/mol. The summed E-state index contributed by atoms with van der Waals surface area (Å²) in [4.78, 5) is 23.7. The lowest BCUT2D eigenvalue weighted by molar-refractivity contribution is 0.0963. The van der Waals surface area contributed by atoms with Crippen LogP contribution in [0.25, 0.3) is 5.69 Å². The van der Waals surface area contributed by atoms with Crippen LogP contribution in [0.3, 0.4) is 0 Å². The molecule has 2 N–H and O–H groups in total. The second kappa shape index (κ2) is 8.24. The van der Waals surface area contributed by atoms with Gasteiger partial charge in [0, 0.05) is 18.3 Å². The normalized spacial score (nSPS) is 11.1. The first-order valence-electron chi connectivity index (χ1n) is 8.11. The van der Waals surface area contributed by atoms with Gasteiger partial charge < -0.3 is 5.32 Å². The van der Waals surface area contributed by atoms with Crippen LogP contribution in [0.5, 0.6) is 0 Å². The molecule has 0 aliphatic heterocycles. The largest absolute Gasteiger partial charge is 0.355 e. The molecule has 0 atom stereocenters. The number of rotatable bonds is 5. The van der Waals surface area contributed by atoms with Gasteiger partial charge in [-0.3, -0.25) is 14.3 Å². The van der Waals surface area contributed by atoms with Crippen LogP contribution in [0.15, 0.2) is 64.4 Å². The molecule has 8 nitrogen and oxygen atoms in total. The lowest BCUT2D eigenvalue weighted by Gasteiger charge is -2.10. The van der Waals surface area contributed by atoms with Gasteiger partial charge in [-0.15, -0.1) is 0 Å². The maximum atomic E-state index is 12.6. The fourth-order valence-corrected chi connectivity index (χ4v) is 3.72. The molecule has 1 amide bonds. The Labute approximate surface area is 176 Å². The zero-order chi connectivity index (χ0) is 21.2. The molecule has 3 aromatic rings. The highest BCUT2D eigenvalue weighted by Gasteiger charge is 2.16. The highest BCUT2D eigenvalue weighted by molar-refractivity contribution is 7.92. The van der Waals surface area contributed by atoms with E-state index in [-0.39, 0.29) is 20.8 Å². The highest BCUT2D eigenvalue weighted by Crippen LogP contribution is 2.19. The molecule has 0 radical (unpaired) electrons. The van der Waals surface area contributed by atoms with E-state index in [4.69, 9.17) is 23.2 Å². The van der Waals surface area contributed by atoms with Gasteiger partial charge in [-0.2, -0.15) is 9.78 Å². The SMILES string of the molecule is CNC(=O)c1ccc(NS(=O)(=O)c2ccc(-n3ncc(Cl)c(Cl)c3=O)cc2)cc1. The standard InChI is InChI=1S/C18H14Cl2N4O4S/c1-21-17(25)11-2-4-12(5-3-11)23-29(27,28)14-8-6-13(7-9-14)24-18(26)16(20)15(19)10-22-24/h2-10,23H,1H3,(H,21,25). The van der Waals surface area contributed by atoms with E-state index in [1.165, 1.54) is 61.8 Å². The molecular weight excluding hydrogens is 439 g/mol. The van der Waals surface area contributed by atoms with Crippen LogP contribution in [0.2, 0.25) is 10.0 Å². The summed E-state index contributed by atoms with van der Waals surface area (Å²) in [6, 6.07) is 11.5. The molecule has 29 heavy (non-hydrogen) atoms. The summed E-state index contributed by atoms with van der Waals surface area (Å²) in [6.45, 7) is 0. The topological polar surface area (TPSA) is 110 Å². The van der Waals surface area contributed by atoms with Crippen LogP contribution >= 0.6 is 23.2 Å². The Kier molecular flexibility index (Phi) is 5.92. The molecule has 2 aromatic carbocycles. The van der Waals surface area contributed by atoms with Crippen molar-refractivity contribution in [3.05, 3.63) is 80.7 Å². The predicted octanol–water partition coefficient (Wildman–Crippen LogP) is 2.70. The van der Waals surface area contributed by atoms with Crippen molar-refractivity contribution in [3.63, 3.8) is 0 Å². The molecule has 11 heteroatoms. The Morgan fingerprint density at radius 1 is 1.03 bits per heavy atom. The number of benzene rings is 2. The van der Waals surface area contributed by atoms with E-state index in [1.54, 1.807) is 0 Å². The van der Waals surface area contributed by atoms with E-state index in [0.29, 0.717) is 16.9 Å². The number of amides is 1. The van der Waals surface area contributed by atoms with Crippen LogP contribution in [-0.4, -0.2) is 31.2 Å². The second-order valence-electron chi connectivity index (χ2n) is 5.78. The molecular formula is C18H14Cl2N4O4S. The van der Waals surface area contributed by atoms with Crippen molar-refractivity contribution in [2.75, 3.05) is 11.8 Å². The molecule has 0 saturated heterocycles. The number of nitrogens with zero attached hydrogens (tertiary/aromatic N) is 2. The van der Waals surface area contributed by atoms with E-state index >= 15 is 0 Å². The molecule has 0 unspecified atom stereocenters. The summed E-state index contributed by atoms with van der Waals surface area (Å²) < 4.78 is 28.6. The van der Waals surface area contributed by atoms with E-state index in [0.717, 1.165) is 4.68 Å². The van der Waals surface area contributed by atoms with Crippen LogP contribution < -0.4 is 15.6 Å². The predicted molar refractivity (Wildman–Crippen MR) is 110 cm³/mol. The lowest BCUT2D eigenvalue weighted by atomic mass is 10.2. The summed E-state index contributed by atoms with van der Waals surface area (Å²) in [5.41, 5.74) is 0.398. The minimum absolute atomic E-state index is 0.0234. The van der Waals surface area contributed by atoms with Crippen molar-refractivity contribution < 1.29 is 13.2 Å². The first kappa shape index (κ1) is 20.8. The van der Waals surface area contributed by atoms with Crippen molar-refractivity contribution in [2.45, 2.75) is 4.90 Å². The average Bonchev–Trinajstić information content (AvgIpc) is 2.72. The summed E-state index contributed by atoms with van der Waals surface area (Å²) in [5.74, 6) is -0.277. The van der Waals surface area contributed by atoms with Gasteiger partial charge >= 0.3 is 0 Å². The van der Waals surface area contributed by atoms with Gasteiger partial charge in [0.1, 0.15) is 5.02 Å². The monoisotopic (exact) mass is 452 g/mol. The third kappa shape index (κ3) is 4.42. The maximum Gasteiger partial charge on any atom is 0.291 e. The maximum absolute atomic E-state index is 12.6. The van der Waals surface area contributed by atoms with Gasteiger partial charge in [0.15, 0.2) is 0 Å². The Balaban J connectivity index is 1.84. The number of hydrogen-bond donors (Lipinski definition) is 2. The number of sulfonamides is 1. The van der Waals surface area contributed by atoms with Crippen LogP contribution in [0, 0.1) is 0 Å². The van der Waals surface area contributed by atoms with Crippen LogP contribution in [0.4, 0.5) is 5.69 Å². The Hall–Kier alpha value is -2.88. The molecule has 0 saturated carbocycles. The minimum atomic E-state index is -3.88. The van der Waals surface area contributed by atoms with Crippen molar-refractivity contribution in [3.8, 4) is 5.69 Å². The summed E-state index contributed by atoms with van der Waals surface area (Å²) in [7, 11) is -2.38. The van der Waals surface area contributed by atoms with Crippen molar-refractivity contribution in [2.24, 2.45) is 0 Å². The van der Waals surface area contributed by atoms with E-state index in [9.17, 15) is 18.0 Å². The Bertz CT molecular complexity index is 1220. The van der Waals surface area contributed by atoms with Crippen molar-refractivity contribution >= 4 is 44.8 Å². The molecule has 0 fully saturated rings. The van der Waals surface area contributed by atoms with Crippen LogP contribution in [0.1, 0.15) is 10.4 Å². The van der Waals surface area contributed by atoms with Crippen molar-refractivity contribution in [1.82, 2.24) is 15.1 Å². The number of hydrogen-bond acceptors (Lipinski definition) is 5. The van der Waals surface area contributed by atoms with Crippen molar-refractivity contribution in [1.29, 1.82) is 0 Å². The number of halogens is 2. The zero-order valence-electron chi connectivity index (χ0n) is 14.9. The fourth-order valence-electron chi connectivity index (χ4n) is 2.41. The summed E-state index contributed by atoms with van der Waals surface area (Å²) in [6.07, 6.45) is 1.22. The van der Waals surface area contributed by atoms with Crippen LogP contribution in [-0.2, 0) is 10.0 Å². The summed E-state index contributed by atoms with van der Waals surface area (Å²) in [5, 5.41) is 6.22. The third-order valence-electron chi connectivity index (χ3n) is 3.89. The first-order chi connectivity index (χ1) is 13.7. The van der Waals surface area contributed by atoms with Gasteiger partial charge in [0.25, 0.3) is 21.5 Å². The number of anilines is 1. The molecule has 0 bridgehead atoms. The minimum Gasteiger partial charge on any atom is -0.355 e. The smallest absolute Gasteiger partial charge is 0.291 e. The zero-order valence-corrected chi connectivity index (χ0v) is 17.2. The quantitative estimate of drug-likeness (QED) is 0.618. The molecule has 150 valence electrons. The molecule has 0 aliphatic carbocycles. The van der Waals surface area contributed by atoms with Gasteiger partial charge in [0.2, 0.25) is 0 Å². The fraction of sp³-hybridized carbons (Fsp3) is 0.0556. The third-order valence-corrected chi connectivity index (χ3v) is 6.04. The molecule has 3 rings (SSSR count). The van der Waals surface area contributed by atoms with Gasteiger partial charge in [-0.25, -0.2) is 8.42 Å². The Morgan fingerprint density at radius 3 is 2.24 bits per heavy atom. The number of nitrogens with one attached hydrogen (secondary N) is 2. The van der Waals surface area contributed by atoms with E-state index < -0.39 is 15.6 Å². The molecule has 1 aromatic heterocycles. The Morgan fingerprint density at radius 2 is 1.66 bits per heavy atom. The molecule has 0 spiro atoms. The highest BCUT2D eigenvalue weighted by atomic mass is 35.5. The number of carbonyl (C=O) groups excluding carboxylic acids is 1. The van der Waals surface area contributed by atoms with E-state index in [2.05, 4.69) is 15.1 Å². The van der Waals surface area contributed by atoms with E-state index in [1.807, 2.05) is 0 Å². The van der Waals surface area contributed by atoms with Gasteiger partial charge in [0.05, 0.1) is 21.8 Å². The molecule has 0 aliphatic rings. The van der Waals surface area contributed by atoms with Gasteiger partial charge in [-0.05, 0) is 48.5 Å². The first-order valence-corrected chi connectivity index (χ1v) is 10.4. The second-order valence-corrected chi connectivity index (χ2v) is 8.25. The lowest BCUT2D eigenvalue weighted by Crippen LogP contribution is -2.21.